The number of hydrogen-bond acceptors (Lipinski definition) is 4. The highest BCUT2D eigenvalue weighted by atomic mass is 79.9. The zero-order chi connectivity index (χ0) is 15.7. The van der Waals surface area contributed by atoms with Gasteiger partial charge in [-0.3, -0.25) is 5.10 Å². The topological polar surface area (TPSA) is 62.8 Å². The summed E-state index contributed by atoms with van der Waals surface area (Å²) < 4.78 is 6.86. The first-order valence-electron chi connectivity index (χ1n) is 7.07. The van der Waals surface area contributed by atoms with Gasteiger partial charge >= 0.3 is 0 Å². The van der Waals surface area contributed by atoms with E-state index < -0.39 is 0 Å². The van der Waals surface area contributed by atoms with Crippen molar-refractivity contribution in [3.05, 3.63) is 40.5 Å². The average molecular weight is 361 g/mol. The largest absolute Gasteiger partial charge is 0.474 e. The summed E-state index contributed by atoms with van der Waals surface area (Å²) in [5, 5.41) is 12.3. The van der Waals surface area contributed by atoms with Gasteiger partial charge < -0.3 is 10.1 Å². The van der Waals surface area contributed by atoms with E-state index in [-0.39, 0.29) is 6.10 Å². The number of aromatic nitrogens is 3. The fourth-order valence-electron chi connectivity index (χ4n) is 2.18. The maximum absolute atomic E-state index is 5.87. The van der Waals surface area contributed by atoms with Crippen LogP contribution in [-0.4, -0.2) is 21.3 Å². The van der Waals surface area contributed by atoms with Crippen LogP contribution < -0.4 is 10.1 Å². The van der Waals surface area contributed by atoms with Gasteiger partial charge in [0.15, 0.2) is 5.82 Å². The highest BCUT2D eigenvalue weighted by Crippen LogP contribution is 2.30. The summed E-state index contributed by atoms with van der Waals surface area (Å²) >= 11 is 3.49. The molecule has 0 aliphatic rings. The van der Waals surface area contributed by atoms with Crippen molar-refractivity contribution in [2.75, 3.05) is 5.32 Å². The number of H-pyrrole nitrogens is 1. The molecule has 0 spiro atoms. The Kier molecular flexibility index (Phi) is 4.02. The van der Waals surface area contributed by atoms with E-state index in [1.807, 2.05) is 51.1 Å². The summed E-state index contributed by atoms with van der Waals surface area (Å²) in [4.78, 5) is 4.58. The fourth-order valence-corrected chi connectivity index (χ4v) is 2.54. The van der Waals surface area contributed by atoms with Gasteiger partial charge in [-0.25, -0.2) is 0 Å². The third-order valence-corrected chi connectivity index (χ3v) is 3.56. The molecule has 3 rings (SSSR count). The van der Waals surface area contributed by atoms with E-state index in [1.165, 1.54) is 0 Å². The van der Waals surface area contributed by atoms with Crippen molar-refractivity contribution in [2.45, 2.75) is 26.9 Å². The molecule has 0 unspecified atom stereocenters. The second-order valence-electron chi connectivity index (χ2n) is 5.41. The van der Waals surface area contributed by atoms with E-state index in [2.05, 4.69) is 36.4 Å². The van der Waals surface area contributed by atoms with Crippen LogP contribution in [0.2, 0.25) is 0 Å². The van der Waals surface area contributed by atoms with Gasteiger partial charge in [-0.2, -0.15) is 10.1 Å². The number of halogens is 1. The van der Waals surface area contributed by atoms with Gasteiger partial charge in [0.05, 0.1) is 6.10 Å². The van der Waals surface area contributed by atoms with Crippen LogP contribution in [0, 0.1) is 6.92 Å². The minimum Gasteiger partial charge on any atom is -0.474 e. The summed E-state index contributed by atoms with van der Waals surface area (Å²) in [6, 6.07) is 9.97. The van der Waals surface area contributed by atoms with Gasteiger partial charge in [-0.05, 0) is 44.4 Å². The molecule has 2 N–H and O–H groups in total. The number of nitrogens with zero attached hydrogens (tertiary/aromatic N) is 2. The van der Waals surface area contributed by atoms with Crippen LogP contribution in [-0.2, 0) is 0 Å². The lowest BCUT2D eigenvalue weighted by atomic mass is 10.1. The molecule has 1 aromatic carbocycles. The zero-order valence-corrected chi connectivity index (χ0v) is 14.2. The first kappa shape index (κ1) is 14.8. The van der Waals surface area contributed by atoms with Crippen LogP contribution in [0.15, 0.2) is 34.8 Å². The van der Waals surface area contributed by atoms with E-state index in [0.717, 1.165) is 26.8 Å². The molecule has 114 valence electrons. The zero-order valence-electron chi connectivity index (χ0n) is 12.6. The lowest BCUT2D eigenvalue weighted by molar-refractivity contribution is 0.236. The molecule has 0 saturated carbocycles. The Morgan fingerprint density at radius 2 is 2.00 bits per heavy atom. The second kappa shape index (κ2) is 5.96. The van der Waals surface area contributed by atoms with Gasteiger partial charge in [-0.1, -0.05) is 22.0 Å². The van der Waals surface area contributed by atoms with Gasteiger partial charge in [0.1, 0.15) is 5.82 Å². The minimum atomic E-state index is 0.0533. The van der Waals surface area contributed by atoms with E-state index in [0.29, 0.717) is 11.7 Å². The van der Waals surface area contributed by atoms with Gasteiger partial charge in [-0.15, -0.1) is 0 Å². The SMILES string of the molecule is Cc1cc(Nc2cc3ccc(Br)cc3c(OC(C)C)n2)n[nH]1. The van der Waals surface area contributed by atoms with Crippen molar-refractivity contribution < 1.29 is 4.74 Å². The Labute approximate surface area is 137 Å². The van der Waals surface area contributed by atoms with Crippen molar-refractivity contribution in [3.63, 3.8) is 0 Å². The fraction of sp³-hybridized carbons (Fsp3) is 0.250. The maximum Gasteiger partial charge on any atom is 0.223 e. The standard InChI is InChI=1S/C16H17BrN4O/c1-9(2)22-16-13-8-12(17)5-4-11(13)7-14(19-16)18-15-6-10(3)20-21-15/h4-9H,1-3H3,(H2,18,19,20,21). The molecular weight excluding hydrogens is 344 g/mol. The summed E-state index contributed by atoms with van der Waals surface area (Å²) in [5.74, 6) is 2.05. The van der Waals surface area contributed by atoms with Crippen LogP contribution in [0.5, 0.6) is 5.88 Å². The lowest BCUT2D eigenvalue weighted by Crippen LogP contribution is -2.08. The number of pyridine rings is 1. The van der Waals surface area contributed by atoms with Crippen molar-refractivity contribution in [2.24, 2.45) is 0 Å². The molecule has 2 aromatic heterocycles. The molecule has 0 fully saturated rings. The summed E-state index contributed by atoms with van der Waals surface area (Å²) in [6.45, 7) is 5.93. The molecule has 0 aliphatic carbocycles. The third kappa shape index (κ3) is 3.22. The molecule has 2 heterocycles. The Morgan fingerprint density at radius 1 is 1.18 bits per heavy atom. The number of rotatable bonds is 4. The van der Waals surface area contributed by atoms with Crippen LogP contribution >= 0.6 is 15.9 Å². The highest BCUT2D eigenvalue weighted by Gasteiger charge is 2.10. The predicted molar refractivity (Wildman–Crippen MR) is 91.8 cm³/mol. The number of benzene rings is 1. The molecule has 0 aliphatic heterocycles. The molecule has 0 amide bonds. The third-order valence-electron chi connectivity index (χ3n) is 3.07. The van der Waals surface area contributed by atoms with Gasteiger partial charge in [0, 0.05) is 21.6 Å². The van der Waals surface area contributed by atoms with E-state index >= 15 is 0 Å². The Hall–Kier alpha value is -2.08. The predicted octanol–water partition coefficient (Wildman–Crippen LogP) is 4.56. The molecule has 3 aromatic rings. The molecule has 0 atom stereocenters. The Balaban J connectivity index is 2.05. The van der Waals surface area contributed by atoms with Crippen LogP contribution in [0.1, 0.15) is 19.5 Å². The number of hydrogen-bond donors (Lipinski definition) is 2. The van der Waals surface area contributed by atoms with Crippen molar-refractivity contribution in [1.82, 2.24) is 15.2 Å². The normalized spacial score (nSPS) is 11.1. The number of ether oxygens (including phenoxy) is 1. The van der Waals surface area contributed by atoms with Gasteiger partial charge in [0.25, 0.3) is 0 Å². The summed E-state index contributed by atoms with van der Waals surface area (Å²) in [6.07, 6.45) is 0.0533. The maximum atomic E-state index is 5.87. The number of nitrogens with one attached hydrogen (secondary N) is 2. The quantitative estimate of drug-likeness (QED) is 0.715. The monoisotopic (exact) mass is 360 g/mol. The first-order chi connectivity index (χ1) is 10.5. The molecule has 5 nitrogen and oxygen atoms in total. The van der Waals surface area contributed by atoms with Crippen LogP contribution in [0.3, 0.4) is 0 Å². The molecule has 6 heteroatoms. The van der Waals surface area contributed by atoms with E-state index in [1.54, 1.807) is 0 Å². The van der Waals surface area contributed by atoms with Crippen LogP contribution in [0.25, 0.3) is 10.8 Å². The summed E-state index contributed by atoms with van der Waals surface area (Å²) in [7, 11) is 0. The smallest absolute Gasteiger partial charge is 0.223 e. The van der Waals surface area contributed by atoms with Crippen molar-refractivity contribution in [1.29, 1.82) is 0 Å². The first-order valence-corrected chi connectivity index (χ1v) is 7.86. The van der Waals surface area contributed by atoms with Crippen molar-refractivity contribution >= 4 is 38.3 Å². The Bertz CT molecular complexity index is 813. The lowest BCUT2D eigenvalue weighted by Gasteiger charge is -2.13. The molecule has 0 bridgehead atoms. The molecule has 0 radical (unpaired) electrons. The average Bonchev–Trinajstić information content (AvgIpc) is 2.84. The molecular formula is C16H17BrN4O. The summed E-state index contributed by atoms with van der Waals surface area (Å²) in [5.41, 5.74) is 0.992. The number of anilines is 2. The molecule has 22 heavy (non-hydrogen) atoms. The second-order valence-corrected chi connectivity index (χ2v) is 6.32. The minimum absolute atomic E-state index is 0.0533. The Morgan fingerprint density at radius 3 is 2.68 bits per heavy atom. The van der Waals surface area contributed by atoms with E-state index in [4.69, 9.17) is 4.74 Å². The molecule has 0 saturated heterocycles. The highest BCUT2D eigenvalue weighted by molar-refractivity contribution is 9.10. The number of aromatic amines is 1. The number of fused-ring (bicyclic) bond motifs is 1. The van der Waals surface area contributed by atoms with Crippen LogP contribution in [0.4, 0.5) is 11.6 Å². The van der Waals surface area contributed by atoms with Gasteiger partial charge in [0.2, 0.25) is 5.88 Å². The van der Waals surface area contributed by atoms with Crippen molar-refractivity contribution in [3.8, 4) is 5.88 Å². The number of aryl methyl sites for hydroxylation is 1. The van der Waals surface area contributed by atoms with E-state index in [9.17, 15) is 0 Å².